The van der Waals surface area contributed by atoms with Crippen molar-refractivity contribution in [1.82, 2.24) is 0 Å². The lowest BCUT2D eigenvalue weighted by Gasteiger charge is -2.44. The van der Waals surface area contributed by atoms with Crippen molar-refractivity contribution >= 4 is 0 Å². The van der Waals surface area contributed by atoms with E-state index in [4.69, 9.17) is 42.6 Å². The van der Waals surface area contributed by atoms with E-state index in [2.05, 4.69) is 0 Å². The minimum Gasteiger partial charge on any atom is -0.394 e. The number of hydrogen-bond acceptors (Lipinski definition) is 26. The fraction of sp³-hybridized carbons (Fsp3) is 1.00. The lowest BCUT2D eigenvalue weighted by atomic mass is 9.97. The van der Waals surface area contributed by atoms with E-state index in [1.165, 1.54) is 0 Å². The van der Waals surface area contributed by atoms with Crippen molar-refractivity contribution in [2.75, 3.05) is 33.0 Å². The summed E-state index contributed by atoms with van der Waals surface area (Å²) < 4.78 is 48.5. The van der Waals surface area contributed by atoms with Crippen LogP contribution >= 0.6 is 0 Å². The van der Waals surface area contributed by atoms with E-state index in [0.29, 0.717) is 0 Å². The molecule has 0 unspecified atom stereocenters. The summed E-state index contributed by atoms with van der Waals surface area (Å²) in [7, 11) is 0. The van der Waals surface area contributed by atoms with Crippen LogP contribution < -0.4 is 0 Å². The van der Waals surface area contributed by atoms with Gasteiger partial charge in [0.2, 0.25) is 0 Å². The zero-order valence-electron chi connectivity index (χ0n) is 29.2. The van der Waals surface area contributed by atoms with E-state index in [-0.39, 0.29) is 0 Å². The van der Waals surface area contributed by atoms with Gasteiger partial charge in [-0.25, -0.2) is 0 Å². The van der Waals surface area contributed by atoms with Gasteiger partial charge in [0.25, 0.3) is 0 Å². The summed E-state index contributed by atoms with van der Waals surface area (Å²) >= 11 is 0. The number of hydrogen-bond donors (Lipinski definition) is 17. The summed E-state index contributed by atoms with van der Waals surface area (Å²) in [5.74, 6) is 0. The predicted molar refractivity (Wildman–Crippen MR) is 167 cm³/mol. The Morgan fingerprint density at radius 2 is 0.500 bits per heavy atom. The average molecular weight is 829 g/mol. The number of ether oxygens (including phenoxy) is 9. The van der Waals surface area contributed by atoms with Gasteiger partial charge in [0.15, 0.2) is 31.5 Å². The summed E-state index contributed by atoms with van der Waals surface area (Å²) in [6.45, 7) is -3.57. The van der Waals surface area contributed by atoms with Crippen LogP contribution in [0.3, 0.4) is 0 Å². The van der Waals surface area contributed by atoms with E-state index in [0.717, 1.165) is 0 Å². The van der Waals surface area contributed by atoms with Crippen LogP contribution in [0.4, 0.5) is 0 Å². The highest BCUT2D eigenvalue weighted by Crippen LogP contribution is 2.30. The molecule has 26 heteroatoms. The third-order valence-corrected chi connectivity index (χ3v) is 10.2. The summed E-state index contributed by atoms with van der Waals surface area (Å²) in [5.41, 5.74) is 0. The molecule has 5 fully saturated rings. The highest BCUT2D eigenvalue weighted by Gasteiger charge is 2.51. The standard InChI is InChI=1S/C30H52O26/c31-1-6-11(32)17(38)22(43)27(53-6)49-3-8-13(34)19(40)24(45)29(55-8)51-5-10-15(36)20(41)25(46)30(56-10)50-4-9-14(35)18(39)23(44)28(54-9)48-2-7-12(33)16(37)21(42)26(47)52-7/h6-47H,1-5H2/t6-,7-,8-,9-,10-,11-,12-,13-,14-,15-,16+,17+,18+,19+,20+,21-,22-,23-,24-,25-,26-,27+,28+,29+,30+/m1/s1. The van der Waals surface area contributed by atoms with Gasteiger partial charge in [-0.2, -0.15) is 0 Å². The first kappa shape index (κ1) is 46.0. The quantitative estimate of drug-likeness (QED) is 0.0819. The lowest BCUT2D eigenvalue weighted by molar-refractivity contribution is -0.350. The SMILES string of the molecule is OC[C@H]1O[C@H](OC[C@H]2O[C@H](OC[C@H]3O[C@H](OC[C@H]4O[C@H](OC[C@H]5O[C@@H](O)[C@H](O)[C@@H](O)[C@@H]5O)[C@H](O)[C@@H](O)[C@@H]4O)[C@H](O)[C@@H](O)[C@@H]3O)[C@H](O)[C@@H](O)[C@@H]2O)[C@H](O)[C@@H](O)[C@@H]1O. The number of aliphatic hydroxyl groups is 17. The van der Waals surface area contributed by atoms with Crippen LogP contribution in [0.15, 0.2) is 0 Å². The monoisotopic (exact) mass is 828 g/mol. The Kier molecular flexibility index (Phi) is 16.1. The molecular formula is C30H52O26. The molecule has 0 saturated carbocycles. The van der Waals surface area contributed by atoms with Crippen molar-refractivity contribution in [3.63, 3.8) is 0 Å². The lowest BCUT2D eigenvalue weighted by Crippen LogP contribution is -2.63. The Hall–Kier alpha value is -1.04. The van der Waals surface area contributed by atoms with Crippen LogP contribution in [-0.2, 0) is 42.6 Å². The molecule has 0 aromatic carbocycles. The normalized spacial score (nSPS) is 53.2. The Bertz CT molecular complexity index is 1210. The minimum atomic E-state index is -1.96. The van der Waals surface area contributed by atoms with Gasteiger partial charge in [0.05, 0.1) is 33.0 Å². The fourth-order valence-corrected chi connectivity index (χ4v) is 6.61. The van der Waals surface area contributed by atoms with Crippen molar-refractivity contribution in [3.8, 4) is 0 Å². The summed E-state index contributed by atoms with van der Waals surface area (Å²) in [4.78, 5) is 0. The second kappa shape index (κ2) is 19.6. The predicted octanol–water partition coefficient (Wildman–Crippen LogP) is -11.9. The average Bonchev–Trinajstić information content (AvgIpc) is 3.18. The first-order valence-electron chi connectivity index (χ1n) is 17.6. The van der Waals surface area contributed by atoms with E-state index in [9.17, 15) is 86.8 Å². The Balaban J connectivity index is 1.15. The van der Waals surface area contributed by atoms with Crippen molar-refractivity contribution in [3.05, 3.63) is 0 Å². The van der Waals surface area contributed by atoms with E-state index in [1.807, 2.05) is 0 Å². The topological polar surface area (TPSA) is 427 Å². The van der Waals surface area contributed by atoms with Gasteiger partial charge in [-0.05, 0) is 0 Å². The van der Waals surface area contributed by atoms with Crippen molar-refractivity contribution in [1.29, 1.82) is 0 Å². The first-order valence-corrected chi connectivity index (χ1v) is 17.6. The van der Waals surface area contributed by atoms with E-state index < -0.39 is 187 Å². The largest absolute Gasteiger partial charge is 0.394 e. The Morgan fingerprint density at radius 1 is 0.268 bits per heavy atom. The van der Waals surface area contributed by atoms with Gasteiger partial charge in [0.1, 0.15) is 122 Å². The number of rotatable bonds is 13. The van der Waals surface area contributed by atoms with Gasteiger partial charge >= 0.3 is 0 Å². The highest BCUT2D eigenvalue weighted by molar-refractivity contribution is 4.95. The molecule has 328 valence electrons. The van der Waals surface area contributed by atoms with Crippen molar-refractivity contribution in [2.24, 2.45) is 0 Å². The highest BCUT2D eigenvalue weighted by atomic mass is 16.8. The van der Waals surface area contributed by atoms with E-state index in [1.54, 1.807) is 0 Å². The first-order chi connectivity index (χ1) is 26.4. The number of aliphatic hydroxyl groups excluding tert-OH is 17. The third kappa shape index (κ3) is 9.77. The minimum absolute atomic E-state index is 0.669. The van der Waals surface area contributed by atoms with Crippen LogP contribution in [0, 0.1) is 0 Å². The van der Waals surface area contributed by atoms with Gasteiger partial charge in [0, 0.05) is 0 Å². The van der Waals surface area contributed by atoms with Crippen molar-refractivity contribution in [2.45, 2.75) is 154 Å². The molecule has 0 aliphatic carbocycles. The molecule has 0 spiro atoms. The summed E-state index contributed by atoms with van der Waals surface area (Å²) in [5, 5.41) is 173. The Morgan fingerprint density at radius 3 is 0.786 bits per heavy atom. The molecule has 5 aliphatic rings. The molecule has 25 atom stereocenters. The second-order valence-corrected chi connectivity index (χ2v) is 14.1. The molecule has 0 aromatic heterocycles. The molecule has 5 heterocycles. The fourth-order valence-electron chi connectivity index (χ4n) is 6.61. The zero-order chi connectivity index (χ0) is 41.3. The van der Waals surface area contributed by atoms with Crippen LogP contribution in [0.25, 0.3) is 0 Å². The second-order valence-electron chi connectivity index (χ2n) is 14.1. The molecule has 0 radical (unpaired) electrons. The molecule has 5 rings (SSSR count). The molecule has 17 N–H and O–H groups in total. The van der Waals surface area contributed by atoms with Gasteiger partial charge in [-0.15, -0.1) is 0 Å². The van der Waals surface area contributed by atoms with Gasteiger partial charge in [-0.3, -0.25) is 0 Å². The maximum absolute atomic E-state index is 10.6. The molecule has 0 amide bonds. The Labute approximate surface area is 316 Å². The van der Waals surface area contributed by atoms with Gasteiger partial charge in [-0.1, -0.05) is 0 Å². The third-order valence-electron chi connectivity index (χ3n) is 10.2. The zero-order valence-corrected chi connectivity index (χ0v) is 29.2. The van der Waals surface area contributed by atoms with E-state index >= 15 is 0 Å². The molecule has 5 saturated heterocycles. The van der Waals surface area contributed by atoms with Crippen molar-refractivity contribution < 1.29 is 129 Å². The van der Waals surface area contributed by atoms with Crippen LogP contribution in [-0.4, -0.2) is 273 Å². The summed E-state index contributed by atoms with van der Waals surface area (Å²) in [6.07, 6.45) is -44.0. The van der Waals surface area contributed by atoms with Crippen LogP contribution in [0.2, 0.25) is 0 Å². The van der Waals surface area contributed by atoms with Crippen LogP contribution in [0.1, 0.15) is 0 Å². The maximum atomic E-state index is 10.6. The molecule has 0 aromatic rings. The van der Waals surface area contributed by atoms with Crippen LogP contribution in [0.5, 0.6) is 0 Å². The smallest absolute Gasteiger partial charge is 0.186 e. The van der Waals surface area contributed by atoms with Gasteiger partial charge < -0.3 is 129 Å². The molecule has 5 aliphatic heterocycles. The molecular weight excluding hydrogens is 776 g/mol. The maximum Gasteiger partial charge on any atom is 0.186 e. The molecule has 56 heavy (non-hydrogen) atoms. The summed E-state index contributed by atoms with van der Waals surface area (Å²) in [6, 6.07) is 0. The molecule has 26 nitrogen and oxygen atoms in total. The molecule has 0 bridgehead atoms.